The van der Waals surface area contributed by atoms with Gasteiger partial charge in [-0.15, -0.1) is 0 Å². The van der Waals surface area contributed by atoms with Crippen molar-refractivity contribution in [2.45, 2.75) is 19.5 Å². The smallest absolute Gasteiger partial charge is 0.191 e. The Morgan fingerprint density at radius 3 is 2.91 bits per heavy atom. The normalized spacial score (nSPS) is 11.3. The van der Waals surface area contributed by atoms with Crippen molar-refractivity contribution >= 4 is 5.96 Å². The molecule has 1 aromatic carbocycles. The van der Waals surface area contributed by atoms with Crippen LogP contribution >= 0.6 is 0 Å². The van der Waals surface area contributed by atoms with Crippen LogP contribution in [0.1, 0.15) is 12.0 Å². The van der Waals surface area contributed by atoms with Crippen LogP contribution in [-0.2, 0) is 13.1 Å². The van der Waals surface area contributed by atoms with E-state index in [0.29, 0.717) is 6.54 Å². The maximum absolute atomic E-state index is 5.34. The minimum Gasteiger partial charge on any atom is -0.496 e. The number of aromatic nitrogens is 2. The second-order valence-electron chi connectivity index (χ2n) is 4.82. The molecule has 0 fully saturated rings. The van der Waals surface area contributed by atoms with Crippen LogP contribution in [0.15, 0.2) is 48.0 Å². The minimum atomic E-state index is 0.672. The number of rotatable bonds is 7. The Balaban J connectivity index is 1.73. The summed E-state index contributed by atoms with van der Waals surface area (Å²) in [4.78, 5) is 8.25. The van der Waals surface area contributed by atoms with Gasteiger partial charge in [-0.05, 0) is 12.5 Å². The summed E-state index contributed by atoms with van der Waals surface area (Å²) < 4.78 is 7.40. The van der Waals surface area contributed by atoms with E-state index in [1.807, 2.05) is 36.8 Å². The molecule has 0 saturated carbocycles. The minimum absolute atomic E-state index is 0.672. The average molecular weight is 301 g/mol. The molecule has 2 rings (SSSR count). The van der Waals surface area contributed by atoms with Gasteiger partial charge in [0.2, 0.25) is 0 Å². The Kier molecular flexibility index (Phi) is 6.29. The molecule has 0 saturated heterocycles. The monoisotopic (exact) mass is 301 g/mol. The largest absolute Gasteiger partial charge is 0.496 e. The topological polar surface area (TPSA) is 63.5 Å². The Hall–Kier alpha value is -2.50. The molecule has 1 heterocycles. The summed E-state index contributed by atoms with van der Waals surface area (Å²) >= 11 is 0. The highest BCUT2D eigenvalue weighted by atomic mass is 16.5. The third kappa shape index (κ3) is 4.80. The quantitative estimate of drug-likeness (QED) is 0.464. The summed E-state index contributed by atoms with van der Waals surface area (Å²) in [6.07, 6.45) is 6.59. The predicted molar refractivity (Wildman–Crippen MR) is 88.0 cm³/mol. The van der Waals surface area contributed by atoms with Gasteiger partial charge in [-0.3, -0.25) is 4.99 Å². The number of ether oxygens (including phenoxy) is 1. The third-order valence-corrected chi connectivity index (χ3v) is 3.31. The molecule has 0 aliphatic carbocycles. The van der Waals surface area contributed by atoms with E-state index in [9.17, 15) is 0 Å². The summed E-state index contributed by atoms with van der Waals surface area (Å²) in [5, 5.41) is 6.60. The molecule has 0 spiro atoms. The lowest BCUT2D eigenvalue weighted by Gasteiger charge is -2.13. The van der Waals surface area contributed by atoms with Crippen molar-refractivity contribution in [3.8, 4) is 5.75 Å². The summed E-state index contributed by atoms with van der Waals surface area (Å²) in [7, 11) is 3.45. The highest BCUT2D eigenvalue weighted by Crippen LogP contribution is 2.16. The molecule has 0 radical (unpaired) electrons. The van der Waals surface area contributed by atoms with E-state index in [-0.39, 0.29) is 0 Å². The van der Waals surface area contributed by atoms with Gasteiger partial charge in [0.1, 0.15) is 5.75 Å². The number of nitrogens with zero attached hydrogens (tertiary/aromatic N) is 3. The van der Waals surface area contributed by atoms with Crippen LogP contribution in [0.25, 0.3) is 0 Å². The van der Waals surface area contributed by atoms with E-state index >= 15 is 0 Å². The lowest BCUT2D eigenvalue weighted by atomic mass is 10.2. The van der Waals surface area contributed by atoms with Crippen LogP contribution in [0.4, 0.5) is 0 Å². The molecule has 0 aliphatic heterocycles. The maximum Gasteiger partial charge on any atom is 0.191 e. The van der Waals surface area contributed by atoms with Crippen LogP contribution in [-0.4, -0.2) is 36.2 Å². The number of methoxy groups -OCH3 is 1. The second kappa shape index (κ2) is 8.71. The van der Waals surface area contributed by atoms with Gasteiger partial charge in [-0.1, -0.05) is 18.2 Å². The van der Waals surface area contributed by atoms with Crippen LogP contribution in [0.2, 0.25) is 0 Å². The van der Waals surface area contributed by atoms with Crippen molar-refractivity contribution in [2.75, 3.05) is 20.7 Å². The first-order valence-electron chi connectivity index (χ1n) is 7.35. The Morgan fingerprint density at radius 1 is 1.32 bits per heavy atom. The predicted octanol–water partition coefficient (Wildman–Crippen LogP) is 1.65. The van der Waals surface area contributed by atoms with Crippen LogP contribution < -0.4 is 15.4 Å². The number of benzene rings is 1. The fourth-order valence-corrected chi connectivity index (χ4v) is 2.14. The van der Waals surface area contributed by atoms with Gasteiger partial charge >= 0.3 is 0 Å². The van der Waals surface area contributed by atoms with Crippen LogP contribution in [0, 0.1) is 0 Å². The average Bonchev–Trinajstić information content (AvgIpc) is 3.08. The van der Waals surface area contributed by atoms with E-state index < -0.39 is 0 Å². The summed E-state index contributed by atoms with van der Waals surface area (Å²) in [5.74, 6) is 1.67. The zero-order valence-corrected chi connectivity index (χ0v) is 13.1. The summed E-state index contributed by atoms with van der Waals surface area (Å²) in [5.41, 5.74) is 1.10. The highest BCUT2D eigenvalue weighted by molar-refractivity contribution is 5.79. The molecule has 118 valence electrons. The van der Waals surface area contributed by atoms with Crippen molar-refractivity contribution in [2.24, 2.45) is 4.99 Å². The maximum atomic E-state index is 5.34. The zero-order valence-electron chi connectivity index (χ0n) is 13.1. The number of nitrogens with one attached hydrogen (secondary N) is 2. The third-order valence-electron chi connectivity index (χ3n) is 3.31. The van der Waals surface area contributed by atoms with E-state index in [4.69, 9.17) is 4.74 Å². The molecule has 2 N–H and O–H groups in total. The second-order valence-corrected chi connectivity index (χ2v) is 4.82. The number of para-hydroxylation sites is 1. The SMILES string of the molecule is CN=C(NCCCn1ccnc1)NCc1ccccc1OC. The Morgan fingerprint density at radius 2 is 2.18 bits per heavy atom. The zero-order chi connectivity index (χ0) is 15.6. The molecule has 0 atom stereocenters. The number of guanidine groups is 1. The number of imidazole rings is 1. The number of hydrogen-bond acceptors (Lipinski definition) is 3. The molecule has 6 nitrogen and oxygen atoms in total. The number of aliphatic imine (C=N–C) groups is 1. The standard InChI is InChI=1S/C16H23N5O/c1-17-16(19-8-5-10-21-11-9-18-13-21)20-12-14-6-3-4-7-15(14)22-2/h3-4,6-7,9,11,13H,5,8,10,12H2,1-2H3,(H2,17,19,20). The van der Waals surface area contributed by atoms with E-state index in [1.54, 1.807) is 20.4 Å². The van der Waals surface area contributed by atoms with E-state index in [2.05, 4.69) is 25.2 Å². The van der Waals surface area contributed by atoms with Crippen molar-refractivity contribution in [1.82, 2.24) is 20.2 Å². The molecular formula is C16H23N5O. The molecule has 1 aromatic heterocycles. The van der Waals surface area contributed by atoms with Gasteiger partial charge in [0.05, 0.1) is 13.4 Å². The van der Waals surface area contributed by atoms with Gasteiger partial charge < -0.3 is 19.9 Å². The van der Waals surface area contributed by atoms with Gasteiger partial charge in [-0.2, -0.15) is 0 Å². The van der Waals surface area contributed by atoms with Gasteiger partial charge in [0.15, 0.2) is 5.96 Å². The van der Waals surface area contributed by atoms with Crippen molar-refractivity contribution in [1.29, 1.82) is 0 Å². The fourth-order valence-electron chi connectivity index (χ4n) is 2.14. The molecule has 22 heavy (non-hydrogen) atoms. The van der Waals surface area contributed by atoms with Crippen LogP contribution in [0.3, 0.4) is 0 Å². The van der Waals surface area contributed by atoms with Crippen molar-refractivity contribution < 1.29 is 4.74 Å². The fraction of sp³-hybridized carbons (Fsp3) is 0.375. The molecular weight excluding hydrogens is 278 g/mol. The molecule has 6 heteroatoms. The lowest BCUT2D eigenvalue weighted by molar-refractivity contribution is 0.409. The first-order chi connectivity index (χ1) is 10.8. The van der Waals surface area contributed by atoms with Crippen LogP contribution in [0.5, 0.6) is 5.75 Å². The molecule has 0 aliphatic rings. The van der Waals surface area contributed by atoms with Crippen molar-refractivity contribution in [3.63, 3.8) is 0 Å². The Bertz CT molecular complexity index is 580. The molecule has 2 aromatic rings. The van der Waals surface area contributed by atoms with Gasteiger partial charge in [-0.25, -0.2) is 4.98 Å². The Labute approximate surface area is 131 Å². The number of aryl methyl sites for hydroxylation is 1. The van der Waals surface area contributed by atoms with Gasteiger partial charge in [0, 0.05) is 44.6 Å². The van der Waals surface area contributed by atoms with E-state index in [1.165, 1.54) is 0 Å². The molecule has 0 amide bonds. The first-order valence-corrected chi connectivity index (χ1v) is 7.35. The number of hydrogen-bond donors (Lipinski definition) is 2. The first kappa shape index (κ1) is 15.9. The van der Waals surface area contributed by atoms with Gasteiger partial charge in [0.25, 0.3) is 0 Å². The lowest BCUT2D eigenvalue weighted by Crippen LogP contribution is -2.37. The highest BCUT2D eigenvalue weighted by Gasteiger charge is 2.03. The summed E-state index contributed by atoms with van der Waals surface area (Å²) in [6.45, 7) is 2.46. The molecule has 0 unspecified atom stereocenters. The van der Waals surface area contributed by atoms with E-state index in [0.717, 1.165) is 36.8 Å². The molecule has 0 bridgehead atoms. The van der Waals surface area contributed by atoms with Crippen molar-refractivity contribution in [3.05, 3.63) is 48.5 Å². The summed E-state index contributed by atoms with van der Waals surface area (Å²) in [6, 6.07) is 7.96.